The van der Waals surface area contributed by atoms with E-state index in [9.17, 15) is 13.6 Å². The molecule has 0 radical (unpaired) electrons. The lowest BCUT2D eigenvalue weighted by molar-refractivity contribution is 0.146. The summed E-state index contributed by atoms with van der Waals surface area (Å²) in [6.07, 6.45) is 1.03. The van der Waals surface area contributed by atoms with Gasteiger partial charge in [0.25, 0.3) is 5.56 Å². The molecule has 30 heavy (non-hydrogen) atoms. The number of aromatic amines is 1. The first-order valence-corrected chi connectivity index (χ1v) is 9.63. The molecular formula is C19H22F2N6O3. The second-order valence-electron chi connectivity index (χ2n) is 7.18. The highest BCUT2D eigenvalue weighted by Gasteiger charge is 2.27. The molecule has 11 heteroatoms. The lowest BCUT2D eigenvalue weighted by atomic mass is 9.88. The van der Waals surface area contributed by atoms with Gasteiger partial charge in [0.2, 0.25) is 5.95 Å². The van der Waals surface area contributed by atoms with Crippen LogP contribution >= 0.6 is 0 Å². The maximum Gasteiger partial charge on any atom is 0.282 e. The second kappa shape index (κ2) is 8.34. The zero-order chi connectivity index (χ0) is 21.3. The molecule has 1 saturated heterocycles. The topological polar surface area (TPSA) is 98.2 Å². The third-order valence-corrected chi connectivity index (χ3v) is 5.26. The molecule has 4 rings (SSSR count). The molecule has 0 spiro atoms. The number of H-pyrrole nitrogens is 1. The van der Waals surface area contributed by atoms with Crippen molar-refractivity contribution >= 4 is 17.1 Å². The zero-order valence-electron chi connectivity index (χ0n) is 16.7. The fourth-order valence-corrected chi connectivity index (χ4v) is 3.72. The van der Waals surface area contributed by atoms with Crippen molar-refractivity contribution in [3.63, 3.8) is 0 Å². The molecule has 2 aromatic heterocycles. The van der Waals surface area contributed by atoms with Gasteiger partial charge in [0.15, 0.2) is 11.2 Å². The Hall–Kier alpha value is -3.08. The minimum absolute atomic E-state index is 0.0708. The Morgan fingerprint density at radius 2 is 1.90 bits per heavy atom. The number of piperidine rings is 1. The van der Waals surface area contributed by atoms with Crippen molar-refractivity contribution in [2.45, 2.75) is 18.8 Å². The van der Waals surface area contributed by atoms with Gasteiger partial charge in [-0.25, -0.2) is 13.5 Å². The Kier molecular flexibility index (Phi) is 5.62. The van der Waals surface area contributed by atoms with E-state index in [4.69, 9.17) is 9.47 Å². The van der Waals surface area contributed by atoms with Crippen LogP contribution in [-0.2, 0) is 11.8 Å². The van der Waals surface area contributed by atoms with Crippen LogP contribution in [0.15, 0.2) is 16.9 Å². The van der Waals surface area contributed by atoms with E-state index in [1.165, 1.54) is 23.9 Å². The first-order chi connectivity index (χ1) is 14.5. The van der Waals surface area contributed by atoms with Crippen molar-refractivity contribution in [1.29, 1.82) is 0 Å². The Morgan fingerprint density at radius 1 is 1.20 bits per heavy atom. The van der Waals surface area contributed by atoms with E-state index in [0.717, 1.165) is 0 Å². The number of aromatic nitrogens is 5. The summed E-state index contributed by atoms with van der Waals surface area (Å²) in [5.41, 5.74) is 0.262. The molecular weight excluding hydrogens is 398 g/mol. The smallest absolute Gasteiger partial charge is 0.282 e. The highest BCUT2D eigenvalue weighted by molar-refractivity contribution is 5.69. The second-order valence-corrected chi connectivity index (χ2v) is 7.18. The van der Waals surface area contributed by atoms with Crippen LogP contribution in [0.3, 0.4) is 0 Å². The van der Waals surface area contributed by atoms with Gasteiger partial charge in [-0.1, -0.05) is 5.21 Å². The Morgan fingerprint density at radius 3 is 2.57 bits per heavy atom. The summed E-state index contributed by atoms with van der Waals surface area (Å²) in [6.45, 7) is 1.54. The molecule has 0 unspecified atom stereocenters. The monoisotopic (exact) mass is 420 g/mol. The largest absolute Gasteiger partial charge is 0.491 e. The van der Waals surface area contributed by atoms with Gasteiger partial charge in [0.05, 0.1) is 6.61 Å². The predicted molar refractivity (Wildman–Crippen MR) is 105 cm³/mol. The van der Waals surface area contributed by atoms with E-state index in [-0.39, 0.29) is 34.9 Å². The minimum atomic E-state index is -0.616. The molecule has 3 heterocycles. The number of aryl methyl sites for hydroxylation is 1. The molecule has 1 aromatic carbocycles. The molecule has 1 N–H and O–H groups in total. The van der Waals surface area contributed by atoms with Crippen molar-refractivity contribution < 1.29 is 18.3 Å². The van der Waals surface area contributed by atoms with Gasteiger partial charge in [-0.05, 0) is 18.8 Å². The Labute approximate surface area is 170 Å². The number of nitrogens with one attached hydrogen (secondary N) is 1. The molecule has 160 valence electrons. The average Bonchev–Trinajstić information content (AvgIpc) is 3.10. The molecule has 0 bridgehead atoms. The number of halogens is 2. The fraction of sp³-hybridized carbons (Fsp3) is 0.474. The van der Waals surface area contributed by atoms with Crippen molar-refractivity contribution in [2.75, 3.05) is 38.3 Å². The number of hydrogen-bond acceptors (Lipinski definition) is 7. The number of benzene rings is 1. The van der Waals surface area contributed by atoms with Gasteiger partial charge in [-0.3, -0.25) is 9.78 Å². The number of ether oxygens (including phenoxy) is 2. The molecule has 0 amide bonds. The SMILES string of the molecule is COCCOc1cc(F)c(C2CCN(c3nc4c(nnn4C)c(=O)[nH]3)CC2)c(F)c1. The van der Waals surface area contributed by atoms with Crippen molar-refractivity contribution in [3.8, 4) is 5.75 Å². The van der Waals surface area contributed by atoms with E-state index in [0.29, 0.717) is 44.1 Å². The summed E-state index contributed by atoms with van der Waals surface area (Å²) in [6, 6.07) is 2.42. The summed E-state index contributed by atoms with van der Waals surface area (Å²) in [5.74, 6) is -0.963. The molecule has 0 saturated carbocycles. The van der Waals surface area contributed by atoms with E-state index < -0.39 is 11.6 Å². The average molecular weight is 420 g/mol. The lowest BCUT2D eigenvalue weighted by Gasteiger charge is -2.32. The first-order valence-electron chi connectivity index (χ1n) is 9.63. The third kappa shape index (κ3) is 3.84. The third-order valence-electron chi connectivity index (χ3n) is 5.26. The standard InChI is InChI=1S/C19H22F2N6O3/c1-26-17-16(24-25-26)18(28)23-19(22-17)27-5-3-11(4-6-27)15-13(20)9-12(10-14(15)21)30-8-7-29-2/h9-11H,3-8H2,1-2H3,(H,22,23,28). The van der Waals surface area contributed by atoms with Crippen LogP contribution in [0.25, 0.3) is 11.2 Å². The number of methoxy groups -OCH3 is 1. The Balaban J connectivity index is 1.48. The summed E-state index contributed by atoms with van der Waals surface area (Å²) >= 11 is 0. The first kappa shape index (κ1) is 20.2. The molecule has 1 fully saturated rings. The molecule has 1 aliphatic heterocycles. The quantitative estimate of drug-likeness (QED) is 0.607. The van der Waals surface area contributed by atoms with Gasteiger partial charge in [0, 0.05) is 44.9 Å². The molecule has 9 nitrogen and oxygen atoms in total. The maximum atomic E-state index is 14.6. The number of fused-ring (bicyclic) bond motifs is 1. The summed E-state index contributed by atoms with van der Waals surface area (Å²) < 4.78 is 40.8. The van der Waals surface area contributed by atoms with Crippen LogP contribution < -0.4 is 15.2 Å². The van der Waals surface area contributed by atoms with Crippen LogP contribution in [0.5, 0.6) is 5.75 Å². The molecule has 0 aliphatic carbocycles. The highest BCUT2D eigenvalue weighted by Crippen LogP contribution is 2.34. The van der Waals surface area contributed by atoms with E-state index in [1.807, 2.05) is 4.90 Å². The Bertz CT molecular complexity index is 1080. The molecule has 1 aliphatic rings. The summed E-state index contributed by atoms with van der Waals surface area (Å²) in [5, 5.41) is 7.60. The van der Waals surface area contributed by atoms with Gasteiger partial charge in [-0.2, -0.15) is 4.98 Å². The van der Waals surface area contributed by atoms with Gasteiger partial charge < -0.3 is 14.4 Å². The normalized spacial score (nSPS) is 15.1. The number of hydrogen-bond donors (Lipinski definition) is 1. The van der Waals surface area contributed by atoms with Gasteiger partial charge in [0.1, 0.15) is 24.0 Å². The van der Waals surface area contributed by atoms with Crippen LogP contribution in [0.4, 0.5) is 14.7 Å². The zero-order valence-corrected chi connectivity index (χ0v) is 16.7. The maximum absolute atomic E-state index is 14.6. The van der Waals surface area contributed by atoms with Crippen molar-refractivity contribution in [2.24, 2.45) is 7.05 Å². The fourth-order valence-electron chi connectivity index (χ4n) is 3.72. The van der Waals surface area contributed by atoms with Crippen LogP contribution in [0.2, 0.25) is 0 Å². The van der Waals surface area contributed by atoms with Crippen LogP contribution in [-0.4, -0.2) is 58.4 Å². The van der Waals surface area contributed by atoms with Crippen molar-refractivity contribution in [3.05, 3.63) is 39.7 Å². The predicted octanol–water partition coefficient (Wildman–Crippen LogP) is 1.74. The lowest BCUT2D eigenvalue weighted by Crippen LogP contribution is -2.35. The van der Waals surface area contributed by atoms with Crippen molar-refractivity contribution in [1.82, 2.24) is 25.0 Å². The van der Waals surface area contributed by atoms with Gasteiger partial charge in [-0.15, -0.1) is 5.10 Å². The molecule has 3 aromatic rings. The van der Waals surface area contributed by atoms with Crippen LogP contribution in [0, 0.1) is 11.6 Å². The van der Waals surface area contributed by atoms with E-state index in [2.05, 4.69) is 20.3 Å². The number of nitrogens with zero attached hydrogens (tertiary/aromatic N) is 5. The number of rotatable bonds is 6. The van der Waals surface area contributed by atoms with E-state index >= 15 is 0 Å². The number of anilines is 1. The summed E-state index contributed by atoms with van der Waals surface area (Å²) in [4.78, 5) is 21.2. The molecule has 0 atom stereocenters. The van der Waals surface area contributed by atoms with Crippen LogP contribution in [0.1, 0.15) is 24.3 Å². The minimum Gasteiger partial charge on any atom is -0.491 e. The van der Waals surface area contributed by atoms with Gasteiger partial charge >= 0.3 is 0 Å². The summed E-state index contributed by atoms with van der Waals surface area (Å²) in [7, 11) is 3.18. The highest BCUT2D eigenvalue weighted by atomic mass is 19.1. The van der Waals surface area contributed by atoms with E-state index in [1.54, 1.807) is 7.05 Å².